The molecule has 0 bridgehead atoms. The standard InChI is InChI=1S/C12H10F2N2O3S/c1-16-7-8(2-5-12(16)17)15-20(18,19)9-3-4-10(13)11(14)6-9/h2-7,15H,1H3. The van der Waals surface area contributed by atoms with Gasteiger partial charge in [0.05, 0.1) is 10.6 Å². The number of aryl methyl sites for hydroxylation is 1. The fourth-order valence-electron chi connectivity index (χ4n) is 1.51. The van der Waals surface area contributed by atoms with Crippen molar-refractivity contribution in [2.75, 3.05) is 4.72 Å². The molecule has 0 unspecified atom stereocenters. The van der Waals surface area contributed by atoms with Crippen LogP contribution in [0.5, 0.6) is 0 Å². The van der Waals surface area contributed by atoms with Gasteiger partial charge in [0.2, 0.25) is 5.56 Å². The first-order valence-corrected chi connectivity index (χ1v) is 6.92. The van der Waals surface area contributed by atoms with E-state index in [1.165, 1.54) is 29.9 Å². The van der Waals surface area contributed by atoms with Crippen LogP contribution in [-0.2, 0) is 17.1 Å². The van der Waals surface area contributed by atoms with Crippen molar-refractivity contribution in [2.24, 2.45) is 7.05 Å². The molecule has 0 atom stereocenters. The molecule has 1 aromatic heterocycles. The highest BCUT2D eigenvalue weighted by Crippen LogP contribution is 2.17. The summed E-state index contributed by atoms with van der Waals surface area (Å²) in [6, 6.07) is 4.72. The number of aromatic nitrogens is 1. The van der Waals surface area contributed by atoms with Crippen LogP contribution in [0, 0.1) is 11.6 Å². The van der Waals surface area contributed by atoms with Crippen LogP contribution in [-0.4, -0.2) is 13.0 Å². The van der Waals surface area contributed by atoms with Crippen molar-refractivity contribution in [1.82, 2.24) is 4.57 Å². The van der Waals surface area contributed by atoms with Crippen LogP contribution in [0.15, 0.2) is 46.2 Å². The minimum Gasteiger partial charge on any atom is -0.316 e. The number of anilines is 1. The molecule has 0 aliphatic rings. The van der Waals surface area contributed by atoms with Crippen molar-refractivity contribution in [1.29, 1.82) is 0 Å². The van der Waals surface area contributed by atoms with E-state index in [1.807, 2.05) is 0 Å². The number of pyridine rings is 1. The normalized spacial score (nSPS) is 11.3. The zero-order valence-electron chi connectivity index (χ0n) is 10.3. The molecule has 1 aromatic carbocycles. The Morgan fingerprint density at radius 3 is 2.40 bits per heavy atom. The van der Waals surface area contributed by atoms with Gasteiger partial charge in [0, 0.05) is 19.3 Å². The molecule has 106 valence electrons. The molecule has 0 radical (unpaired) electrons. The van der Waals surface area contributed by atoms with Gasteiger partial charge in [0.15, 0.2) is 11.6 Å². The van der Waals surface area contributed by atoms with E-state index in [0.717, 1.165) is 12.1 Å². The molecule has 2 rings (SSSR count). The van der Waals surface area contributed by atoms with Crippen molar-refractivity contribution in [3.05, 3.63) is 58.5 Å². The Morgan fingerprint density at radius 2 is 1.80 bits per heavy atom. The maximum absolute atomic E-state index is 13.1. The van der Waals surface area contributed by atoms with Crippen molar-refractivity contribution < 1.29 is 17.2 Å². The van der Waals surface area contributed by atoms with E-state index in [9.17, 15) is 22.0 Å². The van der Waals surface area contributed by atoms with E-state index < -0.39 is 26.6 Å². The van der Waals surface area contributed by atoms with Gasteiger partial charge in [-0.2, -0.15) is 0 Å². The van der Waals surface area contributed by atoms with Crippen molar-refractivity contribution in [2.45, 2.75) is 4.90 Å². The molecule has 8 heteroatoms. The molecular formula is C12H10F2N2O3S. The quantitative estimate of drug-likeness (QED) is 0.933. The minimum absolute atomic E-state index is 0.136. The third kappa shape index (κ3) is 2.85. The summed E-state index contributed by atoms with van der Waals surface area (Å²) in [4.78, 5) is 10.8. The van der Waals surface area contributed by atoms with Crippen LogP contribution in [0.4, 0.5) is 14.5 Å². The predicted molar refractivity (Wildman–Crippen MR) is 68.8 cm³/mol. The molecule has 0 aliphatic carbocycles. The third-order valence-corrected chi connectivity index (χ3v) is 3.92. The van der Waals surface area contributed by atoms with Crippen molar-refractivity contribution in [3.63, 3.8) is 0 Å². The SMILES string of the molecule is Cn1cc(NS(=O)(=O)c2ccc(F)c(F)c2)ccc1=O. The molecular weight excluding hydrogens is 290 g/mol. The molecule has 0 saturated heterocycles. The van der Waals surface area contributed by atoms with Crippen molar-refractivity contribution >= 4 is 15.7 Å². The Balaban J connectivity index is 2.37. The predicted octanol–water partition coefficient (Wildman–Crippen LogP) is 1.46. The van der Waals surface area contributed by atoms with Gasteiger partial charge in [-0.15, -0.1) is 0 Å². The molecule has 2 aromatic rings. The Hall–Kier alpha value is -2.22. The minimum atomic E-state index is -4.05. The zero-order chi connectivity index (χ0) is 14.9. The number of sulfonamides is 1. The first-order chi connectivity index (χ1) is 9.29. The molecule has 0 saturated carbocycles. The summed E-state index contributed by atoms with van der Waals surface area (Å²) in [5.74, 6) is -2.39. The Morgan fingerprint density at radius 1 is 1.10 bits per heavy atom. The first-order valence-electron chi connectivity index (χ1n) is 5.44. The lowest BCUT2D eigenvalue weighted by molar-refractivity contribution is 0.504. The second-order valence-electron chi connectivity index (χ2n) is 4.05. The zero-order valence-corrected chi connectivity index (χ0v) is 11.1. The highest BCUT2D eigenvalue weighted by atomic mass is 32.2. The van der Waals surface area contributed by atoms with Crippen LogP contribution in [0.1, 0.15) is 0 Å². The summed E-state index contributed by atoms with van der Waals surface area (Å²) in [6.07, 6.45) is 1.28. The monoisotopic (exact) mass is 300 g/mol. The van der Waals surface area contributed by atoms with Crippen LogP contribution in [0.25, 0.3) is 0 Å². The number of hydrogen-bond donors (Lipinski definition) is 1. The Bertz CT molecular complexity index is 816. The van der Waals surface area contributed by atoms with Crippen LogP contribution in [0.2, 0.25) is 0 Å². The smallest absolute Gasteiger partial charge is 0.262 e. The first kappa shape index (κ1) is 14.2. The highest BCUT2D eigenvalue weighted by molar-refractivity contribution is 7.92. The number of benzene rings is 1. The van der Waals surface area contributed by atoms with Crippen LogP contribution >= 0.6 is 0 Å². The van der Waals surface area contributed by atoms with Crippen molar-refractivity contribution in [3.8, 4) is 0 Å². The van der Waals surface area contributed by atoms with Gasteiger partial charge < -0.3 is 4.57 Å². The number of hydrogen-bond acceptors (Lipinski definition) is 3. The average molecular weight is 300 g/mol. The number of nitrogens with zero attached hydrogens (tertiary/aromatic N) is 1. The second kappa shape index (κ2) is 5.04. The molecule has 0 amide bonds. The average Bonchev–Trinajstić information content (AvgIpc) is 2.37. The van der Waals surface area contributed by atoms with E-state index in [0.29, 0.717) is 6.07 Å². The summed E-state index contributed by atoms with van der Waals surface area (Å²) >= 11 is 0. The number of rotatable bonds is 3. The van der Waals surface area contributed by atoms with Crippen LogP contribution < -0.4 is 10.3 Å². The van der Waals surface area contributed by atoms with E-state index in [-0.39, 0.29) is 11.2 Å². The van der Waals surface area contributed by atoms with Gasteiger partial charge in [0.25, 0.3) is 10.0 Å². The van der Waals surface area contributed by atoms with Gasteiger partial charge >= 0.3 is 0 Å². The molecule has 1 heterocycles. The summed E-state index contributed by atoms with van der Waals surface area (Å²) in [5, 5.41) is 0. The van der Waals surface area contributed by atoms with E-state index in [2.05, 4.69) is 4.72 Å². The summed E-state index contributed by atoms with van der Waals surface area (Å²) in [7, 11) is -2.60. The summed E-state index contributed by atoms with van der Waals surface area (Å²) in [5.41, 5.74) is -0.169. The van der Waals surface area contributed by atoms with Gasteiger partial charge in [-0.25, -0.2) is 17.2 Å². The lowest BCUT2D eigenvalue weighted by Crippen LogP contribution is -2.18. The largest absolute Gasteiger partial charge is 0.316 e. The van der Waals surface area contributed by atoms with E-state index in [1.54, 1.807) is 0 Å². The number of halogens is 2. The van der Waals surface area contributed by atoms with E-state index >= 15 is 0 Å². The van der Waals surface area contributed by atoms with Gasteiger partial charge in [-0.1, -0.05) is 0 Å². The van der Waals surface area contributed by atoms with Crippen LogP contribution in [0.3, 0.4) is 0 Å². The lowest BCUT2D eigenvalue weighted by atomic mass is 10.3. The maximum atomic E-state index is 13.1. The molecule has 0 aliphatic heterocycles. The topological polar surface area (TPSA) is 68.2 Å². The fourth-order valence-corrected chi connectivity index (χ4v) is 2.57. The van der Waals surface area contributed by atoms with Gasteiger partial charge in [-0.3, -0.25) is 9.52 Å². The van der Waals surface area contributed by atoms with Gasteiger partial charge in [-0.05, 0) is 24.3 Å². The Kier molecular flexibility index (Phi) is 3.58. The van der Waals surface area contributed by atoms with E-state index in [4.69, 9.17) is 0 Å². The van der Waals surface area contributed by atoms with Gasteiger partial charge in [0.1, 0.15) is 0 Å². The summed E-state index contributed by atoms with van der Waals surface area (Å²) in [6.45, 7) is 0. The number of nitrogens with one attached hydrogen (secondary N) is 1. The molecule has 0 spiro atoms. The second-order valence-corrected chi connectivity index (χ2v) is 5.73. The lowest BCUT2D eigenvalue weighted by Gasteiger charge is -2.09. The summed E-state index contributed by atoms with van der Waals surface area (Å²) < 4.78 is 53.1. The highest BCUT2D eigenvalue weighted by Gasteiger charge is 2.16. The molecule has 0 fully saturated rings. The fraction of sp³-hybridized carbons (Fsp3) is 0.0833. The molecule has 20 heavy (non-hydrogen) atoms. The molecule has 1 N–H and O–H groups in total. The third-order valence-electron chi connectivity index (χ3n) is 2.54. The molecule has 5 nitrogen and oxygen atoms in total. The maximum Gasteiger partial charge on any atom is 0.262 e. The Labute approximate surface area is 113 Å².